The predicted octanol–water partition coefficient (Wildman–Crippen LogP) is 3.07. The summed E-state index contributed by atoms with van der Waals surface area (Å²) < 4.78 is 0. The molecule has 0 bridgehead atoms. The van der Waals surface area contributed by atoms with Gasteiger partial charge in [-0.1, -0.05) is 37.3 Å². The Labute approximate surface area is 75.1 Å². The van der Waals surface area contributed by atoms with Crippen LogP contribution in [0, 0.1) is 0 Å². The molecule has 2 radical (unpaired) electrons. The second-order valence-corrected chi connectivity index (χ2v) is 4.13. The number of benzene rings is 1. The minimum atomic E-state index is 0.536. The zero-order chi connectivity index (χ0) is 8.10. The summed E-state index contributed by atoms with van der Waals surface area (Å²) in [6, 6.07) is 11.6. The van der Waals surface area contributed by atoms with E-state index in [0.29, 0.717) is 14.7 Å². The average molecular weight is 183 g/mol. The summed E-state index contributed by atoms with van der Waals surface area (Å²) in [5.74, 6) is 0.604. The van der Waals surface area contributed by atoms with Crippen LogP contribution in [-0.4, -0.2) is 8.83 Å². The molecule has 0 aliphatic rings. The second-order valence-electron chi connectivity index (χ2n) is 2.65. The van der Waals surface area contributed by atoms with Crippen molar-refractivity contribution in [1.29, 1.82) is 0 Å². The molecule has 11 heavy (non-hydrogen) atoms. The van der Waals surface area contributed by atoms with E-state index in [9.17, 15) is 0 Å². The first kappa shape index (κ1) is 8.82. The summed E-state index contributed by atoms with van der Waals surface area (Å²) in [7, 11) is 0.536. The van der Waals surface area contributed by atoms with Crippen LogP contribution in [0.4, 0.5) is 0 Å². The Bertz CT molecular complexity index is 198. The molecule has 0 aromatic heterocycles. The lowest BCUT2D eigenvalue weighted by atomic mass is 10.0. The van der Waals surface area contributed by atoms with Gasteiger partial charge in [-0.05, 0) is 17.5 Å². The largest absolute Gasteiger partial charge is 0.172 e. The molecule has 1 rings (SSSR count). The average Bonchev–Trinajstić information content (AvgIpc) is 2.07. The van der Waals surface area contributed by atoms with Crippen molar-refractivity contribution in [2.75, 3.05) is 0 Å². The van der Waals surface area contributed by atoms with Gasteiger partial charge in [0.25, 0.3) is 0 Å². The van der Waals surface area contributed by atoms with Gasteiger partial charge < -0.3 is 0 Å². The molecule has 2 heteroatoms. The molecular weight excluding hydrogens is 172 g/mol. The minimum absolute atomic E-state index is 0.536. The standard InChI is InChI=1S/C9H11ClSi/c1-8(7-11-10)9-5-3-2-4-6-9/h2-6,8H,7H2,1H3. The van der Waals surface area contributed by atoms with Gasteiger partial charge in [-0.2, -0.15) is 11.1 Å². The Balaban J connectivity index is 2.61. The molecular formula is C9H11ClSi. The minimum Gasteiger partial charge on any atom is -0.171 e. The van der Waals surface area contributed by atoms with Crippen molar-refractivity contribution in [1.82, 2.24) is 0 Å². The van der Waals surface area contributed by atoms with Gasteiger partial charge in [0, 0.05) is 0 Å². The zero-order valence-corrected chi connectivity index (χ0v) is 8.31. The third-order valence-electron chi connectivity index (χ3n) is 1.75. The van der Waals surface area contributed by atoms with E-state index in [4.69, 9.17) is 11.1 Å². The Hall–Kier alpha value is -0.273. The summed E-state index contributed by atoms with van der Waals surface area (Å²) in [4.78, 5) is 0. The molecule has 0 aliphatic carbocycles. The molecule has 1 aromatic rings. The maximum absolute atomic E-state index is 5.67. The Morgan fingerprint density at radius 1 is 1.36 bits per heavy atom. The van der Waals surface area contributed by atoms with E-state index in [1.165, 1.54) is 5.56 Å². The van der Waals surface area contributed by atoms with E-state index in [-0.39, 0.29) is 0 Å². The molecule has 0 saturated carbocycles. The Kier molecular flexibility index (Phi) is 3.67. The van der Waals surface area contributed by atoms with E-state index in [1.54, 1.807) is 0 Å². The summed E-state index contributed by atoms with van der Waals surface area (Å²) in [5.41, 5.74) is 1.39. The highest BCUT2D eigenvalue weighted by atomic mass is 35.6. The van der Waals surface area contributed by atoms with Crippen LogP contribution in [0.5, 0.6) is 0 Å². The number of halogens is 1. The second kappa shape index (κ2) is 4.57. The van der Waals surface area contributed by atoms with Crippen molar-refractivity contribution >= 4 is 19.9 Å². The van der Waals surface area contributed by atoms with Gasteiger partial charge in [0.1, 0.15) is 0 Å². The molecule has 0 saturated heterocycles. The van der Waals surface area contributed by atoms with Gasteiger partial charge in [-0.3, -0.25) is 0 Å². The van der Waals surface area contributed by atoms with Crippen molar-refractivity contribution in [2.45, 2.75) is 18.9 Å². The molecule has 0 N–H and O–H groups in total. The smallest absolute Gasteiger partial charge is 0.171 e. The summed E-state index contributed by atoms with van der Waals surface area (Å²) in [6.07, 6.45) is 0. The third-order valence-corrected chi connectivity index (χ3v) is 2.98. The van der Waals surface area contributed by atoms with Gasteiger partial charge in [0.2, 0.25) is 0 Å². The normalized spacial score (nSPS) is 12.9. The fourth-order valence-electron chi connectivity index (χ4n) is 1.02. The highest BCUT2D eigenvalue weighted by Gasteiger charge is 2.02. The molecule has 0 aliphatic heterocycles. The summed E-state index contributed by atoms with van der Waals surface area (Å²) in [6.45, 7) is 2.21. The van der Waals surface area contributed by atoms with Crippen LogP contribution in [0.3, 0.4) is 0 Å². The van der Waals surface area contributed by atoms with E-state index in [1.807, 2.05) is 6.07 Å². The van der Waals surface area contributed by atoms with Crippen molar-refractivity contribution in [3.05, 3.63) is 35.9 Å². The fourth-order valence-corrected chi connectivity index (χ4v) is 2.18. The summed E-state index contributed by atoms with van der Waals surface area (Å²) in [5, 5.41) is 0. The maximum Gasteiger partial charge on any atom is 0.172 e. The molecule has 0 fully saturated rings. The van der Waals surface area contributed by atoms with Crippen LogP contribution >= 0.6 is 11.1 Å². The number of hydrogen-bond donors (Lipinski definition) is 0. The lowest BCUT2D eigenvalue weighted by Gasteiger charge is -2.07. The summed E-state index contributed by atoms with van der Waals surface area (Å²) >= 11 is 5.67. The van der Waals surface area contributed by atoms with Crippen molar-refractivity contribution in [3.8, 4) is 0 Å². The van der Waals surface area contributed by atoms with E-state index in [0.717, 1.165) is 6.04 Å². The predicted molar refractivity (Wildman–Crippen MR) is 51.3 cm³/mol. The van der Waals surface area contributed by atoms with Crippen molar-refractivity contribution < 1.29 is 0 Å². The lowest BCUT2D eigenvalue weighted by molar-refractivity contribution is 0.862. The SMILES string of the molecule is CC(C[Si]Cl)c1ccccc1. The molecule has 0 heterocycles. The first-order valence-corrected chi connectivity index (χ1v) is 5.95. The molecule has 0 spiro atoms. The number of hydrogen-bond acceptors (Lipinski definition) is 0. The van der Waals surface area contributed by atoms with E-state index >= 15 is 0 Å². The van der Waals surface area contributed by atoms with Gasteiger partial charge in [-0.15, -0.1) is 0 Å². The van der Waals surface area contributed by atoms with E-state index in [2.05, 4.69) is 31.2 Å². The monoisotopic (exact) mass is 182 g/mol. The molecule has 0 nitrogen and oxygen atoms in total. The molecule has 1 aromatic carbocycles. The first-order valence-electron chi connectivity index (χ1n) is 3.73. The van der Waals surface area contributed by atoms with Crippen LogP contribution in [0.2, 0.25) is 6.04 Å². The number of rotatable bonds is 3. The van der Waals surface area contributed by atoms with Gasteiger partial charge >= 0.3 is 0 Å². The third kappa shape index (κ3) is 2.68. The van der Waals surface area contributed by atoms with Crippen LogP contribution in [-0.2, 0) is 0 Å². The molecule has 1 unspecified atom stereocenters. The molecule has 1 atom stereocenters. The highest BCUT2D eigenvalue weighted by Crippen LogP contribution is 2.18. The Morgan fingerprint density at radius 2 is 2.00 bits per heavy atom. The highest BCUT2D eigenvalue weighted by molar-refractivity contribution is 6.93. The van der Waals surface area contributed by atoms with Crippen molar-refractivity contribution in [3.63, 3.8) is 0 Å². The first-order chi connectivity index (χ1) is 5.34. The quantitative estimate of drug-likeness (QED) is 0.498. The Morgan fingerprint density at radius 3 is 2.55 bits per heavy atom. The van der Waals surface area contributed by atoms with Crippen LogP contribution in [0.1, 0.15) is 18.4 Å². The zero-order valence-electron chi connectivity index (χ0n) is 6.55. The van der Waals surface area contributed by atoms with Crippen LogP contribution in [0.15, 0.2) is 30.3 Å². The maximum atomic E-state index is 5.67. The lowest BCUT2D eigenvalue weighted by Crippen LogP contribution is -1.93. The van der Waals surface area contributed by atoms with Crippen molar-refractivity contribution in [2.24, 2.45) is 0 Å². The van der Waals surface area contributed by atoms with Gasteiger partial charge in [0.15, 0.2) is 8.83 Å². The van der Waals surface area contributed by atoms with E-state index < -0.39 is 0 Å². The fraction of sp³-hybridized carbons (Fsp3) is 0.333. The molecule has 0 amide bonds. The van der Waals surface area contributed by atoms with Crippen LogP contribution < -0.4 is 0 Å². The molecule has 58 valence electrons. The van der Waals surface area contributed by atoms with Gasteiger partial charge in [-0.25, -0.2) is 0 Å². The topological polar surface area (TPSA) is 0 Å². The van der Waals surface area contributed by atoms with Gasteiger partial charge in [0.05, 0.1) is 0 Å². The van der Waals surface area contributed by atoms with Crippen LogP contribution in [0.25, 0.3) is 0 Å².